The zero-order chi connectivity index (χ0) is 18.0. The van der Waals surface area contributed by atoms with Gasteiger partial charge in [0.25, 0.3) is 5.91 Å². The number of hydrogen-bond donors (Lipinski definition) is 1. The van der Waals surface area contributed by atoms with E-state index in [4.69, 9.17) is 9.47 Å². The van der Waals surface area contributed by atoms with Gasteiger partial charge in [0, 0.05) is 24.6 Å². The summed E-state index contributed by atoms with van der Waals surface area (Å²) in [6.07, 6.45) is 0.787. The third kappa shape index (κ3) is 3.38. The van der Waals surface area contributed by atoms with Crippen molar-refractivity contribution in [2.75, 3.05) is 40.4 Å². The highest BCUT2D eigenvalue weighted by atomic mass is 16.5. The molecule has 2 saturated heterocycles. The van der Waals surface area contributed by atoms with E-state index in [1.807, 2.05) is 18.2 Å². The van der Waals surface area contributed by atoms with E-state index in [9.17, 15) is 14.4 Å². The van der Waals surface area contributed by atoms with Gasteiger partial charge in [-0.15, -0.1) is 0 Å². The maximum atomic E-state index is 12.4. The number of methoxy groups -OCH3 is 2. The van der Waals surface area contributed by atoms with E-state index in [1.165, 1.54) is 0 Å². The van der Waals surface area contributed by atoms with Gasteiger partial charge >= 0.3 is 6.03 Å². The molecule has 4 amide bonds. The van der Waals surface area contributed by atoms with Gasteiger partial charge in [0.1, 0.15) is 18.0 Å². The van der Waals surface area contributed by atoms with Crippen molar-refractivity contribution in [3.8, 4) is 11.5 Å². The van der Waals surface area contributed by atoms with Crippen LogP contribution in [0.1, 0.15) is 17.9 Å². The standard InChI is InChI=1S/C17H21N3O5/c1-24-12-3-4-14(25-2)13(7-12)11-5-6-19(9-11)16(22)10-20-15(21)8-18-17(20)23/h3-4,7,11H,5-6,8-10H2,1-2H3,(H,18,23). The Morgan fingerprint density at radius 3 is 2.72 bits per heavy atom. The number of ether oxygens (including phenoxy) is 2. The molecular weight excluding hydrogens is 326 g/mol. The SMILES string of the molecule is COc1ccc(OC)c(C2CCN(C(=O)CN3C(=O)CNC3=O)C2)c1. The highest BCUT2D eigenvalue weighted by Crippen LogP contribution is 2.36. The molecule has 2 heterocycles. The summed E-state index contributed by atoms with van der Waals surface area (Å²) in [5.74, 6) is 1.02. The Hall–Kier alpha value is -2.77. The number of carbonyl (C=O) groups is 3. The molecule has 2 aliphatic rings. The number of nitrogens with one attached hydrogen (secondary N) is 1. The molecule has 1 aromatic rings. The van der Waals surface area contributed by atoms with E-state index < -0.39 is 6.03 Å². The van der Waals surface area contributed by atoms with E-state index in [2.05, 4.69) is 5.32 Å². The lowest BCUT2D eigenvalue weighted by Gasteiger charge is -2.20. The average Bonchev–Trinajstić information content (AvgIpc) is 3.23. The second kappa shape index (κ2) is 7.00. The van der Waals surface area contributed by atoms with E-state index in [1.54, 1.807) is 19.1 Å². The van der Waals surface area contributed by atoms with Crippen molar-refractivity contribution in [3.05, 3.63) is 23.8 Å². The molecule has 3 rings (SSSR count). The Morgan fingerprint density at radius 1 is 1.28 bits per heavy atom. The van der Waals surface area contributed by atoms with Crippen molar-refractivity contribution in [2.45, 2.75) is 12.3 Å². The lowest BCUT2D eigenvalue weighted by Crippen LogP contribution is -2.42. The van der Waals surface area contributed by atoms with Crippen LogP contribution >= 0.6 is 0 Å². The molecule has 0 radical (unpaired) electrons. The van der Waals surface area contributed by atoms with Crippen molar-refractivity contribution in [3.63, 3.8) is 0 Å². The second-order valence-corrected chi connectivity index (χ2v) is 6.07. The fourth-order valence-corrected chi connectivity index (χ4v) is 3.25. The van der Waals surface area contributed by atoms with Gasteiger partial charge < -0.3 is 19.7 Å². The Kier molecular flexibility index (Phi) is 4.78. The Labute approximate surface area is 145 Å². The Morgan fingerprint density at radius 2 is 2.08 bits per heavy atom. The number of likely N-dealkylation sites (tertiary alicyclic amines) is 1. The van der Waals surface area contributed by atoms with Crippen LogP contribution in [0.3, 0.4) is 0 Å². The fraction of sp³-hybridized carbons (Fsp3) is 0.471. The summed E-state index contributed by atoms with van der Waals surface area (Å²) < 4.78 is 10.7. The Bertz CT molecular complexity index is 690. The predicted octanol–water partition coefficient (Wildman–Crippen LogP) is 0.571. The minimum Gasteiger partial charge on any atom is -0.497 e. The summed E-state index contributed by atoms with van der Waals surface area (Å²) in [5.41, 5.74) is 0.993. The van der Waals surface area contributed by atoms with E-state index in [-0.39, 0.29) is 30.8 Å². The molecule has 2 aliphatic heterocycles. The van der Waals surface area contributed by atoms with Crippen molar-refractivity contribution < 1.29 is 23.9 Å². The second-order valence-electron chi connectivity index (χ2n) is 6.07. The van der Waals surface area contributed by atoms with Gasteiger partial charge in [0.2, 0.25) is 5.91 Å². The first-order valence-corrected chi connectivity index (χ1v) is 8.11. The molecule has 0 saturated carbocycles. The van der Waals surface area contributed by atoms with Crippen LogP contribution in [0.5, 0.6) is 11.5 Å². The van der Waals surface area contributed by atoms with E-state index in [0.717, 1.165) is 28.4 Å². The van der Waals surface area contributed by atoms with Crippen LogP contribution in [0.25, 0.3) is 0 Å². The lowest BCUT2D eigenvalue weighted by atomic mass is 9.97. The first-order chi connectivity index (χ1) is 12.0. The molecule has 1 aromatic carbocycles. The number of carbonyl (C=O) groups excluding carboxylic acids is 3. The molecule has 1 N–H and O–H groups in total. The topological polar surface area (TPSA) is 88.2 Å². The molecule has 1 unspecified atom stereocenters. The molecule has 8 heteroatoms. The van der Waals surface area contributed by atoms with Crippen LogP contribution in [0.2, 0.25) is 0 Å². The lowest BCUT2D eigenvalue weighted by molar-refractivity contribution is -0.135. The van der Waals surface area contributed by atoms with Gasteiger partial charge in [0.15, 0.2) is 0 Å². The maximum absolute atomic E-state index is 12.4. The van der Waals surface area contributed by atoms with Gasteiger partial charge in [-0.05, 0) is 24.6 Å². The summed E-state index contributed by atoms with van der Waals surface area (Å²) in [7, 11) is 3.22. The normalized spacial score (nSPS) is 20.0. The number of benzene rings is 1. The predicted molar refractivity (Wildman–Crippen MR) is 88.6 cm³/mol. The fourth-order valence-electron chi connectivity index (χ4n) is 3.25. The quantitative estimate of drug-likeness (QED) is 0.787. The molecule has 0 spiro atoms. The van der Waals surface area contributed by atoms with Crippen molar-refractivity contribution in [1.82, 2.24) is 15.1 Å². The minimum atomic E-state index is -0.511. The molecule has 25 heavy (non-hydrogen) atoms. The highest BCUT2D eigenvalue weighted by molar-refractivity contribution is 6.04. The number of imide groups is 1. The van der Waals surface area contributed by atoms with Gasteiger partial charge in [-0.2, -0.15) is 0 Å². The highest BCUT2D eigenvalue weighted by Gasteiger charge is 2.34. The molecule has 1 atom stereocenters. The van der Waals surface area contributed by atoms with Gasteiger partial charge in [0.05, 0.1) is 20.8 Å². The third-order valence-electron chi connectivity index (χ3n) is 4.65. The minimum absolute atomic E-state index is 0.0459. The number of rotatable bonds is 5. The Balaban J connectivity index is 1.68. The zero-order valence-electron chi connectivity index (χ0n) is 14.3. The molecule has 0 aliphatic carbocycles. The van der Waals surface area contributed by atoms with Crippen LogP contribution in [0, 0.1) is 0 Å². The first kappa shape index (κ1) is 17.1. The third-order valence-corrected chi connectivity index (χ3v) is 4.65. The molecular formula is C17H21N3O5. The smallest absolute Gasteiger partial charge is 0.325 e. The van der Waals surface area contributed by atoms with Crippen LogP contribution in [0.15, 0.2) is 18.2 Å². The molecule has 0 aromatic heterocycles. The molecule has 134 valence electrons. The number of urea groups is 1. The number of nitrogens with zero attached hydrogens (tertiary/aromatic N) is 2. The first-order valence-electron chi connectivity index (χ1n) is 8.11. The summed E-state index contributed by atoms with van der Waals surface area (Å²) in [5, 5.41) is 2.41. The zero-order valence-corrected chi connectivity index (χ0v) is 14.3. The van der Waals surface area contributed by atoms with Crippen molar-refractivity contribution >= 4 is 17.8 Å². The maximum Gasteiger partial charge on any atom is 0.325 e. The summed E-state index contributed by atoms with van der Waals surface area (Å²) >= 11 is 0. The van der Waals surface area contributed by atoms with E-state index >= 15 is 0 Å². The molecule has 0 bridgehead atoms. The summed E-state index contributed by atoms with van der Waals surface area (Å²) in [6.45, 7) is 0.835. The molecule has 8 nitrogen and oxygen atoms in total. The average molecular weight is 347 g/mol. The number of hydrogen-bond acceptors (Lipinski definition) is 5. The van der Waals surface area contributed by atoms with Crippen LogP contribution in [0.4, 0.5) is 4.79 Å². The summed E-state index contributed by atoms with van der Waals surface area (Å²) in [6, 6.07) is 5.10. The van der Waals surface area contributed by atoms with Crippen LogP contribution < -0.4 is 14.8 Å². The van der Waals surface area contributed by atoms with Crippen LogP contribution in [-0.4, -0.2) is 68.0 Å². The largest absolute Gasteiger partial charge is 0.497 e. The molecule has 2 fully saturated rings. The number of amides is 4. The van der Waals surface area contributed by atoms with Gasteiger partial charge in [-0.25, -0.2) is 4.79 Å². The van der Waals surface area contributed by atoms with E-state index in [0.29, 0.717) is 13.1 Å². The van der Waals surface area contributed by atoms with Crippen molar-refractivity contribution in [2.24, 2.45) is 0 Å². The monoisotopic (exact) mass is 347 g/mol. The van der Waals surface area contributed by atoms with Crippen LogP contribution in [-0.2, 0) is 9.59 Å². The summed E-state index contributed by atoms with van der Waals surface area (Å²) in [4.78, 5) is 38.3. The van der Waals surface area contributed by atoms with Gasteiger partial charge in [-0.1, -0.05) is 0 Å². The van der Waals surface area contributed by atoms with Gasteiger partial charge in [-0.3, -0.25) is 14.5 Å². The van der Waals surface area contributed by atoms with Crippen molar-refractivity contribution in [1.29, 1.82) is 0 Å².